The highest BCUT2D eigenvalue weighted by Gasteiger charge is 2.21. The van der Waals surface area contributed by atoms with E-state index < -0.39 is 0 Å². The van der Waals surface area contributed by atoms with Gasteiger partial charge in [-0.25, -0.2) is 9.97 Å². The standard InChI is InChI=1S/C20H23N5O/c1-15-21-11-12-25(15)19-10-9-17(14-22-19)23-20(26)18(24(2)3)13-16-7-5-4-6-8-16/h4-12,14,18H,13H2,1-3H3,(H,23,26). The van der Waals surface area contributed by atoms with Crippen molar-refractivity contribution in [3.8, 4) is 5.82 Å². The molecule has 6 nitrogen and oxygen atoms in total. The summed E-state index contributed by atoms with van der Waals surface area (Å²) in [6.45, 7) is 1.92. The molecule has 0 saturated heterocycles. The van der Waals surface area contributed by atoms with Gasteiger partial charge in [-0.05, 0) is 45.1 Å². The Bertz CT molecular complexity index is 855. The average Bonchev–Trinajstić information content (AvgIpc) is 3.07. The van der Waals surface area contributed by atoms with Gasteiger partial charge in [-0.2, -0.15) is 0 Å². The highest BCUT2D eigenvalue weighted by atomic mass is 16.2. The Labute approximate surface area is 153 Å². The second-order valence-electron chi connectivity index (χ2n) is 6.41. The lowest BCUT2D eigenvalue weighted by molar-refractivity contribution is -0.120. The van der Waals surface area contributed by atoms with Crippen LogP contribution in [0, 0.1) is 6.92 Å². The van der Waals surface area contributed by atoms with E-state index in [-0.39, 0.29) is 11.9 Å². The summed E-state index contributed by atoms with van der Waals surface area (Å²) in [5.74, 6) is 1.59. The lowest BCUT2D eigenvalue weighted by Gasteiger charge is -2.23. The van der Waals surface area contributed by atoms with Crippen molar-refractivity contribution in [2.75, 3.05) is 19.4 Å². The zero-order valence-corrected chi connectivity index (χ0v) is 15.3. The zero-order valence-electron chi connectivity index (χ0n) is 15.3. The van der Waals surface area contributed by atoms with Gasteiger partial charge in [-0.3, -0.25) is 14.3 Å². The molecule has 0 bridgehead atoms. The summed E-state index contributed by atoms with van der Waals surface area (Å²) >= 11 is 0. The van der Waals surface area contributed by atoms with E-state index in [1.165, 1.54) is 0 Å². The molecule has 0 saturated carbocycles. The molecule has 1 atom stereocenters. The summed E-state index contributed by atoms with van der Waals surface area (Å²) in [5, 5.41) is 2.96. The van der Waals surface area contributed by atoms with Crippen molar-refractivity contribution in [2.24, 2.45) is 0 Å². The van der Waals surface area contributed by atoms with E-state index in [4.69, 9.17) is 0 Å². The number of benzene rings is 1. The minimum Gasteiger partial charge on any atom is -0.323 e. The third kappa shape index (κ3) is 4.15. The smallest absolute Gasteiger partial charge is 0.242 e. The number of rotatable bonds is 6. The summed E-state index contributed by atoms with van der Waals surface area (Å²) in [6.07, 6.45) is 5.91. The summed E-state index contributed by atoms with van der Waals surface area (Å²) in [5.41, 5.74) is 1.81. The summed E-state index contributed by atoms with van der Waals surface area (Å²) in [7, 11) is 3.83. The van der Waals surface area contributed by atoms with Gasteiger partial charge in [0.25, 0.3) is 0 Å². The van der Waals surface area contributed by atoms with Crippen molar-refractivity contribution in [3.05, 3.63) is 72.4 Å². The first-order valence-electron chi connectivity index (χ1n) is 8.52. The minimum atomic E-state index is -0.257. The van der Waals surface area contributed by atoms with Crippen molar-refractivity contribution in [3.63, 3.8) is 0 Å². The molecule has 0 aliphatic rings. The lowest BCUT2D eigenvalue weighted by Crippen LogP contribution is -2.41. The number of aromatic nitrogens is 3. The number of hydrogen-bond donors (Lipinski definition) is 1. The molecule has 0 radical (unpaired) electrons. The Morgan fingerprint density at radius 1 is 1.15 bits per heavy atom. The third-order valence-electron chi connectivity index (χ3n) is 4.29. The molecule has 1 unspecified atom stereocenters. The SMILES string of the molecule is Cc1nccn1-c1ccc(NC(=O)C(Cc2ccccc2)N(C)C)cn1. The number of nitrogens with one attached hydrogen (secondary N) is 1. The highest BCUT2D eigenvalue weighted by molar-refractivity contribution is 5.94. The number of amides is 1. The zero-order chi connectivity index (χ0) is 18.5. The molecule has 3 rings (SSSR count). The van der Waals surface area contributed by atoms with Gasteiger partial charge >= 0.3 is 0 Å². The number of nitrogens with zero attached hydrogens (tertiary/aromatic N) is 4. The Morgan fingerprint density at radius 3 is 2.50 bits per heavy atom. The van der Waals surface area contributed by atoms with Gasteiger partial charge in [-0.1, -0.05) is 30.3 Å². The fraction of sp³-hybridized carbons (Fsp3) is 0.250. The van der Waals surface area contributed by atoms with Gasteiger partial charge in [0.2, 0.25) is 5.91 Å². The van der Waals surface area contributed by atoms with Crippen LogP contribution in [0.3, 0.4) is 0 Å². The molecule has 3 aromatic rings. The Balaban J connectivity index is 1.70. The largest absolute Gasteiger partial charge is 0.323 e. The predicted molar refractivity (Wildman–Crippen MR) is 102 cm³/mol. The average molecular weight is 349 g/mol. The van der Waals surface area contributed by atoms with Gasteiger partial charge in [0, 0.05) is 12.4 Å². The maximum absolute atomic E-state index is 12.7. The van der Waals surface area contributed by atoms with E-state index in [9.17, 15) is 4.79 Å². The van der Waals surface area contributed by atoms with E-state index in [2.05, 4.69) is 15.3 Å². The number of pyridine rings is 1. The molecule has 1 amide bonds. The first-order chi connectivity index (χ1) is 12.5. The molecule has 0 fully saturated rings. The van der Waals surface area contributed by atoms with Gasteiger partial charge in [0.15, 0.2) is 0 Å². The quantitative estimate of drug-likeness (QED) is 0.743. The van der Waals surface area contributed by atoms with E-state index in [0.717, 1.165) is 17.2 Å². The molecule has 0 aliphatic carbocycles. The number of imidazole rings is 1. The lowest BCUT2D eigenvalue weighted by atomic mass is 10.0. The van der Waals surface area contributed by atoms with Gasteiger partial charge in [0.05, 0.1) is 17.9 Å². The van der Waals surface area contributed by atoms with Gasteiger partial charge < -0.3 is 5.32 Å². The van der Waals surface area contributed by atoms with Crippen LogP contribution in [0.4, 0.5) is 5.69 Å². The second-order valence-corrected chi connectivity index (χ2v) is 6.41. The fourth-order valence-corrected chi connectivity index (χ4v) is 2.80. The topological polar surface area (TPSA) is 63.1 Å². The van der Waals surface area contributed by atoms with Crippen LogP contribution in [0.5, 0.6) is 0 Å². The van der Waals surface area contributed by atoms with Crippen LogP contribution in [0.15, 0.2) is 61.1 Å². The van der Waals surface area contributed by atoms with E-state index in [0.29, 0.717) is 12.1 Å². The number of aryl methyl sites for hydroxylation is 1. The second kappa shape index (κ2) is 7.93. The molecular formula is C20H23N5O. The van der Waals surface area contributed by atoms with Crippen LogP contribution in [0.25, 0.3) is 5.82 Å². The molecule has 0 spiro atoms. The summed E-state index contributed by atoms with van der Waals surface area (Å²) in [6, 6.07) is 13.5. The van der Waals surface area contributed by atoms with Crippen molar-refractivity contribution in [1.82, 2.24) is 19.4 Å². The summed E-state index contributed by atoms with van der Waals surface area (Å²) in [4.78, 5) is 23.3. The maximum Gasteiger partial charge on any atom is 0.242 e. The normalized spacial score (nSPS) is 12.2. The van der Waals surface area contributed by atoms with Crippen molar-refractivity contribution in [1.29, 1.82) is 0 Å². The molecule has 1 aromatic carbocycles. The number of hydrogen-bond acceptors (Lipinski definition) is 4. The molecule has 6 heteroatoms. The molecule has 0 aliphatic heterocycles. The van der Waals surface area contributed by atoms with Crippen LogP contribution in [-0.2, 0) is 11.2 Å². The van der Waals surface area contributed by atoms with Crippen LogP contribution in [-0.4, -0.2) is 45.5 Å². The van der Waals surface area contributed by atoms with Crippen molar-refractivity contribution in [2.45, 2.75) is 19.4 Å². The minimum absolute atomic E-state index is 0.0489. The van der Waals surface area contributed by atoms with Crippen LogP contribution in [0.2, 0.25) is 0 Å². The Morgan fingerprint density at radius 2 is 1.92 bits per heavy atom. The van der Waals surface area contributed by atoms with Crippen LogP contribution >= 0.6 is 0 Å². The van der Waals surface area contributed by atoms with E-state index >= 15 is 0 Å². The maximum atomic E-state index is 12.7. The highest BCUT2D eigenvalue weighted by Crippen LogP contribution is 2.14. The Kier molecular flexibility index (Phi) is 5.43. The molecule has 134 valence electrons. The van der Waals surface area contributed by atoms with Crippen molar-refractivity contribution >= 4 is 11.6 Å². The molecule has 2 aromatic heterocycles. The number of anilines is 1. The van der Waals surface area contributed by atoms with Crippen LogP contribution < -0.4 is 5.32 Å². The van der Waals surface area contributed by atoms with Gasteiger partial charge in [0.1, 0.15) is 11.6 Å². The van der Waals surface area contributed by atoms with E-state index in [1.807, 2.05) is 79.1 Å². The first-order valence-corrected chi connectivity index (χ1v) is 8.52. The van der Waals surface area contributed by atoms with Gasteiger partial charge in [-0.15, -0.1) is 0 Å². The Hall–Kier alpha value is -2.99. The number of carbonyl (C=O) groups is 1. The first kappa shape index (κ1) is 17.8. The molecular weight excluding hydrogens is 326 g/mol. The summed E-state index contributed by atoms with van der Waals surface area (Å²) < 4.78 is 1.89. The monoisotopic (exact) mass is 349 g/mol. The van der Waals surface area contributed by atoms with E-state index in [1.54, 1.807) is 12.4 Å². The molecule has 1 N–H and O–H groups in total. The van der Waals surface area contributed by atoms with Crippen LogP contribution in [0.1, 0.15) is 11.4 Å². The number of carbonyl (C=O) groups excluding carboxylic acids is 1. The molecule has 2 heterocycles. The predicted octanol–water partition coefficient (Wildman–Crippen LogP) is 2.69. The van der Waals surface area contributed by atoms with Crippen molar-refractivity contribution < 1.29 is 4.79 Å². The molecule has 26 heavy (non-hydrogen) atoms. The fourth-order valence-electron chi connectivity index (χ4n) is 2.80. The third-order valence-corrected chi connectivity index (χ3v) is 4.29. The number of likely N-dealkylation sites (N-methyl/N-ethyl adjacent to an activating group) is 1.